The van der Waals surface area contributed by atoms with Crippen LogP contribution in [0.3, 0.4) is 0 Å². The maximum atomic E-state index is 12.5. The first-order valence-corrected chi connectivity index (χ1v) is 9.48. The smallest absolute Gasteiger partial charge is 0.268 e. The van der Waals surface area contributed by atoms with E-state index in [4.69, 9.17) is 0 Å². The molecule has 1 aliphatic rings. The van der Waals surface area contributed by atoms with Crippen LogP contribution in [-0.2, 0) is 17.1 Å². The zero-order chi connectivity index (χ0) is 17.9. The quantitative estimate of drug-likeness (QED) is 0.810. The molecule has 1 saturated heterocycles. The molecule has 2 heterocycles. The van der Waals surface area contributed by atoms with Crippen LogP contribution in [0.25, 0.3) is 6.08 Å². The summed E-state index contributed by atoms with van der Waals surface area (Å²) in [4.78, 5) is 13.7. The van der Waals surface area contributed by atoms with Crippen molar-refractivity contribution in [2.24, 2.45) is 7.05 Å². The molecular weight excluding hydrogens is 340 g/mol. The number of rotatable bonds is 4. The average molecular weight is 360 g/mol. The number of hydrogen-bond donors (Lipinski definition) is 0. The number of aromatic nitrogens is 2. The molecule has 0 saturated carbocycles. The molecule has 0 spiro atoms. The Labute approximate surface area is 146 Å². The Morgan fingerprint density at radius 1 is 1.08 bits per heavy atom. The molecule has 1 aromatic heterocycles. The lowest BCUT2D eigenvalue weighted by Crippen LogP contribution is -2.48. The maximum absolute atomic E-state index is 12.5. The predicted octanol–water partition coefficient (Wildman–Crippen LogP) is 0.903. The van der Waals surface area contributed by atoms with Gasteiger partial charge in [-0.05, 0) is 11.6 Å². The Morgan fingerprint density at radius 2 is 1.76 bits per heavy atom. The van der Waals surface area contributed by atoms with E-state index in [2.05, 4.69) is 5.10 Å². The van der Waals surface area contributed by atoms with Gasteiger partial charge in [-0.15, -0.1) is 0 Å². The van der Waals surface area contributed by atoms with Crippen molar-refractivity contribution in [3.63, 3.8) is 0 Å². The monoisotopic (exact) mass is 360 g/mol. The molecule has 132 valence electrons. The van der Waals surface area contributed by atoms with E-state index in [0.717, 1.165) is 11.3 Å². The molecule has 0 amide bonds. The number of anilines is 1. The zero-order valence-corrected chi connectivity index (χ0v) is 14.8. The lowest BCUT2D eigenvalue weighted by atomic mass is 10.2. The molecule has 0 aliphatic carbocycles. The molecule has 0 N–H and O–H groups in total. The number of sulfonamides is 1. The van der Waals surface area contributed by atoms with Crippen molar-refractivity contribution in [3.8, 4) is 0 Å². The third kappa shape index (κ3) is 4.15. The highest BCUT2D eigenvalue weighted by Crippen LogP contribution is 2.16. The SMILES string of the molecule is Cn1ncc(N2CCN(S(=O)(=O)C=Cc3ccccc3)CC2)cc1=O. The molecule has 8 heteroatoms. The summed E-state index contributed by atoms with van der Waals surface area (Å²) in [5.41, 5.74) is 1.38. The van der Waals surface area contributed by atoms with Crippen LogP contribution in [0.5, 0.6) is 0 Å². The number of hydrogen-bond acceptors (Lipinski definition) is 5. The molecule has 0 unspecified atom stereocenters. The van der Waals surface area contributed by atoms with E-state index in [1.807, 2.05) is 35.2 Å². The van der Waals surface area contributed by atoms with Crippen molar-refractivity contribution in [3.05, 3.63) is 63.9 Å². The number of benzene rings is 1. The predicted molar refractivity (Wildman–Crippen MR) is 97.7 cm³/mol. The zero-order valence-electron chi connectivity index (χ0n) is 13.9. The molecule has 1 aromatic carbocycles. The van der Waals surface area contributed by atoms with Crippen molar-refractivity contribution >= 4 is 21.8 Å². The second-order valence-electron chi connectivity index (χ2n) is 5.82. The molecule has 1 fully saturated rings. The van der Waals surface area contributed by atoms with E-state index in [0.29, 0.717) is 26.2 Å². The first-order valence-electron chi connectivity index (χ1n) is 7.97. The Hall–Kier alpha value is -2.45. The molecule has 0 radical (unpaired) electrons. The minimum atomic E-state index is -3.46. The second-order valence-corrected chi connectivity index (χ2v) is 7.64. The van der Waals surface area contributed by atoms with Crippen LogP contribution < -0.4 is 10.5 Å². The van der Waals surface area contributed by atoms with Crippen LogP contribution in [0, 0.1) is 0 Å². The fourth-order valence-corrected chi connectivity index (χ4v) is 3.82. The van der Waals surface area contributed by atoms with Gasteiger partial charge in [-0.3, -0.25) is 4.79 Å². The molecule has 3 rings (SSSR count). The molecule has 1 aliphatic heterocycles. The van der Waals surface area contributed by atoms with Gasteiger partial charge in [0.05, 0.1) is 11.9 Å². The van der Waals surface area contributed by atoms with Gasteiger partial charge in [0.2, 0.25) is 10.0 Å². The Kier molecular flexibility index (Phi) is 5.00. The van der Waals surface area contributed by atoms with Crippen molar-refractivity contribution in [1.82, 2.24) is 14.1 Å². The van der Waals surface area contributed by atoms with Gasteiger partial charge in [0.15, 0.2) is 0 Å². The van der Waals surface area contributed by atoms with Crippen LogP contribution in [0.15, 0.2) is 52.8 Å². The minimum Gasteiger partial charge on any atom is -0.367 e. The van der Waals surface area contributed by atoms with Crippen molar-refractivity contribution in [1.29, 1.82) is 0 Å². The Morgan fingerprint density at radius 3 is 2.40 bits per heavy atom. The minimum absolute atomic E-state index is 0.182. The fraction of sp³-hybridized carbons (Fsp3) is 0.294. The number of piperazine rings is 1. The number of aryl methyl sites for hydroxylation is 1. The highest BCUT2D eigenvalue weighted by Gasteiger charge is 2.25. The second kappa shape index (κ2) is 7.20. The first kappa shape index (κ1) is 17.4. The van der Waals surface area contributed by atoms with Crippen LogP contribution >= 0.6 is 0 Å². The highest BCUT2D eigenvalue weighted by atomic mass is 32.2. The summed E-state index contributed by atoms with van der Waals surface area (Å²) in [6, 6.07) is 10.8. The van der Waals surface area contributed by atoms with Gasteiger partial charge in [0, 0.05) is 44.7 Å². The van der Waals surface area contributed by atoms with E-state index >= 15 is 0 Å². The highest BCUT2D eigenvalue weighted by molar-refractivity contribution is 7.92. The average Bonchev–Trinajstić information content (AvgIpc) is 2.63. The molecule has 0 atom stereocenters. The number of nitrogens with zero attached hydrogens (tertiary/aromatic N) is 4. The van der Waals surface area contributed by atoms with E-state index < -0.39 is 10.0 Å². The Bertz CT molecular complexity index is 914. The molecular formula is C17H20N4O3S. The summed E-state index contributed by atoms with van der Waals surface area (Å²) >= 11 is 0. The summed E-state index contributed by atoms with van der Waals surface area (Å²) < 4.78 is 27.6. The summed E-state index contributed by atoms with van der Waals surface area (Å²) in [5.74, 6) is 0. The third-order valence-electron chi connectivity index (χ3n) is 4.15. The summed E-state index contributed by atoms with van der Waals surface area (Å²) in [6.07, 6.45) is 3.23. The standard InChI is InChI=1S/C17H20N4O3S/c1-19-17(22)13-16(14-18-19)20-8-10-21(11-9-20)25(23,24)12-7-15-5-3-2-4-6-15/h2-7,12-14H,8-11H2,1H3. The van der Waals surface area contributed by atoms with Gasteiger partial charge in [-0.25, -0.2) is 13.1 Å². The van der Waals surface area contributed by atoms with Gasteiger partial charge in [-0.1, -0.05) is 30.3 Å². The van der Waals surface area contributed by atoms with Crippen LogP contribution in [0.1, 0.15) is 5.56 Å². The van der Waals surface area contributed by atoms with Crippen molar-refractivity contribution in [2.45, 2.75) is 0 Å². The molecule has 0 bridgehead atoms. The van der Waals surface area contributed by atoms with Gasteiger partial charge < -0.3 is 4.90 Å². The van der Waals surface area contributed by atoms with Crippen LogP contribution in [-0.4, -0.2) is 48.7 Å². The van der Waals surface area contributed by atoms with Crippen molar-refractivity contribution < 1.29 is 8.42 Å². The van der Waals surface area contributed by atoms with Crippen molar-refractivity contribution in [2.75, 3.05) is 31.1 Å². The summed E-state index contributed by atoms with van der Waals surface area (Å²) in [7, 11) is -1.86. The van der Waals surface area contributed by atoms with Gasteiger partial charge in [0.1, 0.15) is 0 Å². The Balaban J connectivity index is 1.66. The molecule has 2 aromatic rings. The van der Waals surface area contributed by atoms with Crippen LogP contribution in [0.4, 0.5) is 5.69 Å². The lowest BCUT2D eigenvalue weighted by molar-refractivity contribution is 0.389. The van der Waals surface area contributed by atoms with Gasteiger partial charge in [0.25, 0.3) is 5.56 Å². The third-order valence-corrected chi connectivity index (χ3v) is 5.71. The normalized spacial score (nSPS) is 16.4. The topological polar surface area (TPSA) is 75.5 Å². The fourth-order valence-electron chi connectivity index (χ4n) is 2.65. The van der Waals surface area contributed by atoms with Crippen LogP contribution in [0.2, 0.25) is 0 Å². The van der Waals surface area contributed by atoms with E-state index in [9.17, 15) is 13.2 Å². The van der Waals surface area contributed by atoms with E-state index in [-0.39, 0.29) is 5.56 Å². The summed E-state index contributed by atoms with van der Waals surface area (Å²) in [5, 5.41) is 5.25. The molecule has 7 nitrogen and oxygen atoms in total. The first-order chi connectivity index (χ1) is 12.0. The van der Waals surface area contributed by atoms with E-state index in [1.165, 1.54) is 20.5 Å². The maximum Gasteiger partial charge on any atom is 0.268 e. The van der Waals surface area contributed by atoms with E-state index in [1.54, 1.807) is 19.3 Å². The summed E-state index contributed by atoms with van der Waals surface area (Å²) in [6.45, 7) is 1.79. The largest absolute Gasteiger partial charge is 0.367 e. The van der Waals surface area contributed by atoms with Gasteiger partial charge >= 0.3 is 0 Å². The van der Waals surface area contributed by atoms with Gasteiger partial charge in [-0.2, -0.15) is 9.40 Å². The molecule has 25 heavy (non-hydrogen) atoms. The lowest BCUT2D eigenvalue weighted by Gasteiger charge is -2.34.